The average Bonchev–Trinajstić information content (AvgIpc) is 0.851. The third kappa shape index (κ3) is 32.2. The number of esters is 1. The highest BCUT2D eigenvalue weighted by atomic mass is 79.9. The van der Waals surface area contributed by atoms with Crippen molar-refractivity contribution >= 4 is 147 Å². The Bertz CT molecular complexity index is 4310. The predicted molar refractivity (Wildman–Crippen MR) is 374 cm³/mol. The molecule has 0 unspecified atom stereocenters. The molecule has 8 aromatic rings. The van der Waals surface area contributed by atoms with E-state index in [4.69, 9.17) is 62.6 Å². The van der Waals surface area contributed by atoms with Gasteiger partial charge in [0.15, 0.2) is 0 Å². The van der Waals surface area contributed by atoms with Crippen molar-refractivity contribution in [2.45, 2.75) is 39.5 Å². The molecule has 0 radical (unpaired) electrons. The zero-order chi connectivity index (χ0) is 80.8. The number of hydrogen-bond acceptors (Lipinski definition) is 17. The Kier molecular flexibility index (Phi) is 39.6. The largest absolute Gasteiger partial charge is 0.522 e. The molecule has 0 fully saturated rings. The van der Waals surface area contributed by atoms with Gasteiger partial charge in [-0.2, -0.15) is 27.5 Å². The molecule has 8 aromatic carbocycles. The predicted octanol–water partition coefficient (Wildman–Crippen LogP) is 17.7. The molecular formula is C65H53Br6F10NO22S. The first-order valence-corrected chi connectivity index (χ1v) is 33.7. The summed E-state index contributed by atoms with van der Waals surface area (Å²) in [5.74, 6) is -7.66. The summed E-state index contributed by atoms with van der Waals surface area (Å²) in [6.07, 6.45) is 0. The van der Waals surface area contributed by atoms with Crippen molar-refractivity contribution in [3.05, 3.63) is 246 Å². The summed E-state index contributed by atoms with van der Waals surface area (Å²) in [7, 11) is -1.90. The number of carboxylic acids is 5. The Balaban J connectivity index is 0.000000610. The maximum atomic E-state index is 13.3. The number of benzene rings is 8. The van der Waals surface area contributed by atoms with Crippen molar-refractivity contribution in [3.63, 3.8) is 0 Å². The summed E-state index contributed by atoms with van der Waals surface area (Å²) in [5.41, 5.74) is -5.85. The molecule has 568 valence electrons. The fraction of sp³-hybridized carbons (Fsp3) is 0.154. The van der Waals surface area contributed by atoms with E-state index in [1.165, 1.54) is 45.6 Å². The molecule has 0 amide bonds. The van der Waals surface area contributed by atoms with Gasteiger partial charge in [0.2, 0.25) is 0 Å². The summed E-state index contributed by atoms with van der Waals surface area (Å²) < 4.78 is 174. The van der Waals surface area contributed by atoms with Gasteiger partial charge in [-0.05, 0) is 200 Å². The van der Waals surface area contributed by atoms with Crippen molar-refractivity contribution in [2.75, 3.05) is 21.3 Å². The minimum absolute atomic E-state index is 0.0324. The normalized spacial score (nSPS) is 10.4. The molecule has 105 heavy (non-hydrogen) atoms. The van der Waals surface area contributed by atoms with Crippen LogP contribution >= 0.6 is 95.6 Å². The van der Waals surface area contributed by atoms with Gasteiger partial charge in [0, 0.05) is 0 Å². The van der Waals surface area contributed by atoms with Crippen LogP contribution in [-0.2, 0) is 37.7 Å². The zero-order valence-electron chi connectivity index (χ0n) is 53.9. The second-order valence-electron chi connectivity index (χ2n) is 20.1. The zero-order valence-corrected chi connectivity index (χ0v) is 64.2. The van der Waals surface area contributed by atoms with Crippen LogP contribution in [0.25, 0.3) is 0 Å². The molecule has 0 aromatic heterocycles. The highest BCUT2D eigenvalue weighted by molar-refractivity contribution is 9.11. The van der Waals surface area contributed by atoms with Crippen LogP contribution in [0.4, 0.5) is 43.9 Å². The van der Waals surface area contributed by atoms with Gasteiger partial charge in [0.1, 0.15) is 110 Å². The number of alkyl halides is 3. The van der Waals surface area contributed by atoms with Crippen molar-refractivity contribution in [1.29, 1.82) is 0 Å². The first-order valence-electron chi connectivity index (χ1n) is 27.5. The maximum Gasteiger partial charge on any atom is 0.522 e. The smallest absolute Gasteiger partial charge is 0.507 e. The molecule has 0 atom stereocenters. The minimum atomic E-state index is -5.84. The number of halogens is 16. The number of carboxylic acid groups (broad SMARTS) is 5. The Morgan fingerprint density at radius 1 is 0.419 bits per heavy atom. The van der Waals surface area contributed by atoms with Gasteiger partial charge in [-0.1, -0.05) is 60.7 Å². The fourth-order valence-corrected chi connectivity index (χ4v) is 8.44. The van der Waals surface area contributed by atoms with Crippen molar-refractivity contribution < 1.29 is 150 Å². The monoisotopic (exact) mass is 1890 g/mol. The number of aromatic hydroxyl groups is 1. The third-order valence-electron chi connectivity index (χ3n) is 11.6. The molecule has 0 saturated carbocycles. The summed E-state index contributed by atoms with van der Waals surface area (Å²) in [6, 6.07) is 30.9. The van der Waals surface area contributed by atoms with E-state index in [1.807, 2.05) is 60.7 Å². The molecule has 23 nitrogen and oxygen atoms in total. The Morgan fingerprint density at radius 3 is 0.962 bits per heavy atom. The van der Waals surface area contributed by atoms with Crippen LogP contribution in [0.15, 0.2) is 160 Å². The highest BCUT2D eigenvalue weighted by Crippen LogP contribution is 2.32. The Hall–Kier alpha value is -8.90. The Morgan fingerprint density at radius 2 is 0.686 bits per heavy atom. The van der Waals surface area contributed by atoms with Gasteiger partial charge in [0.05, 0.1) is 59.1 Å². The van der Waals surface area contributed by atoms with E-state index >= 15 is 0 Å². The number of ether oxygens (including phenoxy) is 5. The number of phenols is 1. The maximum absolute atomic E-state index is 13.3. The van der Waals surface area contributed by atoms with Crippen LogP contribution in [-0.4, -0.2) is 112 Å². The number of carbonyl (C=O) groups excluding carboxylic acids is 2. The summed E-state index contributed by atoms with van der Waals surface area (Å²) >= 11 is 17.4. The molecule has 0 aliphatic rings. The van der Waals surface area contributed by atoms with Crippen LogP contribution in [0.2, 0.25) is 0 Å². The van der Waals surface area contributed by atoms with Crippen molar-refractivity contribution in [2.24, 2.45) is 11.3 Å². The molecular weight excluding hydrogens is 1850 g/mol. The van der Waals surface area contributed by atoms with Crippen molar-refractivity contribution in [1.82, 2.24) is 0 Å². The van der Waals surface area contributed by atoms with Crippen LogP contribution in [0.3, 0.4) is 0 Å². The molecule has 0 aliphatic heterocycles. The van der Waals surface area contributed by atoms with Gasteiger partial charge in [-0.15, -0.1) is 0 Å². The molecule has 0 heterocycles. The second kappa shape index (κ2) is 44.2. The van der Waals surface area contributed by atoms with Crippen LogP contribution in [0.5, 0.6) is 28.7 Å². The van der Waals surface area contributed by atoms with E-state index < -0.39 is 120 Å². The molecule has 0 saturated heterocycles. The van der Waals surface area contributed by atoms with Gasteiger partial charge >= 0.3 is 57.4 Å². The summed E-state index contributed by atoms with van der Waals surface area (Å²) in [4.78, 5) is 78.9. The first-order chi connectivity index (χ1) is 48.6. The first kappa shape index (κ1) is 94.1. The molecule has 40 heteroatoms. The lowest BCUT2D eigenvalue weighted by Gasteiger charge is -2.12. The lowest BCUT2D eigenvalue weighted by atomic mass is 9.98. The van der Waals surface area contributed by atoms with Gasteiger partial charge < -0.3 is 59.2 Å². The summed E-state index contributed by atoms with van der Waals surface area (Å²) in [5, 5.41) is 52.5. The minimum Gasteiger partial charge on any atom is -0.507 e. The van der Waals surface area contributed by atoms with Gasteiger partial charge in [-0.3, -0.25) is 4.55 Å². The molecule has 0 bridgehead atoms. The number of aromatic carboxylic acids is 5. The van der Waals surface area contributed by atoms with E-state index in [-0.39, 0.29) is 85.3 Å². The number of carbonyl (C=O) groups is 7. The average molecular weight is 1900 g/mol. The van der Waals surface area contributed by atoms with E-state index in [9.17, 15) is 77.5 Å². The molecule has 8 rings (SSSR count). The second-order valence-corrected chi connectivity index (χ2v) is 26.7. The quantitative estimate of drug-likeness (QED) is 0.0125. The molecule has 9 N–H and O–H groups in total. The lowest BCUT2D eigenvalue weighted by molar-refractivity contribution is -0.153. The molecule has 0 spiro atoms. The van der Waals surface area contributed by atoms with Crippen LogP contribution in [0.1, 0.15) is 94.0 Å². The number of hydrogen-bond donors (Lipinski definition) is 8. The summed E-state index contributed by atoms with van der Waals surface area (Å²) in [6.45, 7) is 5.66. The molecule has 0 aliphatic carbocycles. The fourth-order valence-electron chi connectivity index (χ4n) is 6.50. The van der Waals surface area contributed by atoms with Crippen LogP contribution < -0.4 is 24.8 Å². The van der Waals surface area contributed by atoms with E-state index in [0.717, 1.165) is 53.6 Å². The van der Waals surface area contributed by atoms with Gasteiger partial charge in [0.25, 0.3) is 0 Å². The third-order valence-corrected chi connectivity index (χ3v) is 15.9. The standard InChI is InChI=1S/2C14H10BrFO3.C9H8BrFO3.C8H6BrFO3.C7H3BrF2O2.C7H4BrFO3.C5H11NO2.CHF3O3S/c2*15-11-7-13(10(14(17)18)6-12(11)16)19-8-9-4-2-1-3-5-9;1-13-8-4-6(10)7(11)3-5(8)9(12)14-2;1-13-7-3-5(9)6(10)2-4(7)8(11)12;8-4-2-5(9)3(7(11)12)1-6(4)10;8-4-2-6(10)3(7(11)12)1-5(4)9;1-5(2,3)4(7)8-6;2-1(3,4)8(5,6)7/h2*1-7H,8H2,(H,17,18);3-4H,1-2H3;2-3H,1H3,(H,11,12);1-2H,(H,11,12);1-2,10H,(H,11,12);6H2,1-3H3;(H,5,6,7). The van der Waals surface area contributed by atoms with Crippen LogP contribution in [0, 0.1) is 46.1 Å². The SMILES string of the molecule is CC(C)(C)C(=O)ON.COC(=O)c1cc(F)c(Br)cc1OC.COc1cc(Br)c(F)cc1C(=O)O.O=C(O)c1cc(F)c(Br)cc1F.O=C(O)c1cc(F)c(Br)cc1O.O=C(O)c1cc(F)c(Br)cc1OCc1ccccc1.O=C(O)c1cc(F)c(Br)cc1OCc1ccccc1.O=S(=O)(O)C(F)(F)F. The topological polar surface area (TPSA) is 377 Å². The number of rotatable bonds is 14. The van der Waals surface area contributed by atoms with E-state index in [0.29, 0.717) is 6.07 Å². The van der Waals surface area contributed by atoms with Gasteiger partial charge in [-0.25, -0.2) is 64.3 Å². The lowest BCUT2D eigenvalue weighted by Crippen LogP contribution is -2.25. The Labute approximate surface area is 638 Å². The van der Waals surface area contributed by atoms with E-state index in [1.54, 1.807) is 20.8 Å². The number of nitrogens with two attached hydrogens (primary N) is 1. The highest BCUT2D eigenvalue weighted by Gasteiger charge is 2.44. The van der Waals surface area contributed by atoms with Crippen molar-refractivity contribution in [3.8, 4) is 28.7 Å². The number of methoxy groups -OCH3 is 3. The van der Waals surface area contributed by atoms with E-state index in [2.05, 4.69) is 111 Å².